The van der Waals surface area contributed by atoms with Crippen LogP contribution < -0.4 is 21.2 Å². The Morgan fingerprint density at radius 2 is 2.50 bits per heavy atom. The Bertz CT molecular complexity index is 182. The van der Waals surface area contributed by atoms with Gasteiger partial charge < -0.3 is 5.11 Å². The third-order valence-corrected chi connectivity index (χ3v) is 0.892. The van der Waals surface area contributed by atoms with Gasteiger partial charge in [-0.25, -0.2) is 10.4 Å². The highest BCUT2D eigenvalue weighted by atomic mass is 16.3. The van der Waals surface area contributed by atoms with E-state index >= 15 is 0 Å². The van der Waals surface area contributed by atoms with Gasteiger partial charge in [0.25, 0.3) is 5.96 Å². The van der Waals surface area contributed by atoms with Crippen molar-refractivity contribution in [3.8, 4) is 0 Å². The summed E-state index contributed by atoms with van der Waals surface area (Å²) in [6, 6.07) is 0. The van der Waals surface area contributed by atoms with E-state index in [9.17, 15) is 5.11 Å². The first-order valence-corrected chi connectivity index (χ1v) is 2.85. The van der Waals surface area contributed by atoms with E-state index in [1.165, 1.54) is 6.92 Å². The molecule has 1 aliphatic heterocycles. The number of rotatable bonds is 0. The van der Waals surface area contributed by atoms with Crippen LogP contribution in [-0.2, 0) is 0 Å². The first-order valence-electron chi connectivity index (χ1n) is 2.85. The van der Waals surface area contributed by atoms with Crippen molar-refractivity contribution in [3.05, 3.63) is 0 Å². The lowest BCUT2D eigenvalue weighted by atomic mass is 10.8. The number of nitrogens with zero attached hydrogens (tertiary/aromatic N) is 2. The van der Waals surface area contributed by atoms with Crippen LogP contribution in [0.4, 0.5) is 0 Å². The maximum Gasteiger partial charge on any atom is 0.295 e. The first kappa shape index (κ1) is 6.97. The molecule has 0 fully saturated rings. The fraction of sp³-hybridized carbons (Fsp3) is 0.500. The average Bonchev–Trinajstić information content (AvgIpc) is 2.13. The second kappa shape index (κ2) is 2.63. The number of hydrogen-bond donors (Lipinski definition) is 3. The van der Waals surface area contributed by atoms with Gasteiger partial charge in [-0.3, -0.25) is 0 Å². The van der Waals surface area contributed by atoms with Crippen LogP contribution in [-0.4, -0.2) is 18.9 Å². The summed E-state index contributed by atoms with van der Waals surface area (Å²) < 4.78 is 0. The van der Waals surface area contributed by atoms with Crippen molar-refractivity contribution in [3.63, 3.8) is 0 Å². The summed E-state index contributed by atoms with van der Waals surface area (Å²) in [7, 11) is 1.77. The molecule has 0 aromatic rings. The molecule has 0 saturated heterocycles. The van der Waals surface area contributed by atoms with E-state index in [0.717, 1.165) is 0 Å². The summed E-state index contributed by atoms with van der Waals surface area (Å²) in [6.07, 6.45) is 0. The van der Waals surface area contributed by atoms with Crippen LogP contribution in [0.25, 0.3) is 0 Å². The Kier molecular flexibility index (Phi) is 1.83. The Morgan fingerprint density at radius 1 is 1.80 bits per heavy atom. The molecule has 0 spiro atoms. The van der Waals surface area contributed by atoms with Crippen molar-refractivity contribution in [2.24, 2.45) is 10.1 Å². The van der Waals surface area contributed by atoms with Gasteiger partial charge in [0, 0.05) is 0 Å². The number of hydrogen-bond acceptors (Lipinski definition) is 5. The monoisotopic (exact) mass is 143 g/mol. The quantitative estimate of drug-likeness (QED) is 0.244. The summed E-state index contributed by atoms with van der Waals surface area (Å²) in [5.74, 6) is 0.0627. The Hall–Kier alpha value is -1.14. The van der Waals surface area contributed by atoms with Gasteiger partial charge in [-0.05, 0) is 23.5 Å². The largest absolute Gasteiger partial charge is 0.862 e. The van der Waals surface area contributed by atoms with E-state index in [-0.39, 0.29) is 5.90 Å². The highest BCUT2D eigenvalue weighted by molar-refractivity contribution is 5.90. The lowest BCUT2D eigenvalue weighted by Gasteiger charge is -1.98. The molecule has 0 bridgehead atoms. The van der Waals surface area contributed by atoms with E-state index in [1.54, 1.807) is 7.05 Å². The third-order valence-electron chi connectivity index (χ3n) is 0.892. The topological polar surface area (TPSA) is 76.3 Å². The molecule has 0 amide bonds. The minimum absolute atomic E-state index is 0.261. The molecular weight excluding hydrogens is 134 g/mol. The maximum atomic E-state index is 10.4. The van der Waals surface area contributed by atoms with Gasteiger partial charge in [-0.1, -0.05) is 0 Å². The third kappa shape index (κ3) is 1.67. The predicted molar refractivity (Wildman–Crippen MR) is 33.7 cm³/mol. The number of quaternary nitrogens is 1. The van der Waals surface area contributed by atoms with Crippen molar-refractivity contribution in [2.75, 3.05) is 7.05 Å². The van der Waals surface area contributed by atoms with Crippen molar-refractivity contribution in [1.29, 1.82) is 0 Å². The highest BCUT2D eigenvalue weighted by Gasteiger charge is 2.10. The molecule has 6 heteroatoms. The number of aliphatic imine (C=N–C) groups is 1. The van der Waals surface area contributed by atoms with E-state index in [1.807, 2.05) is 0 Å². The van der Waals surface area contributed by atoms with Crippen molar-refractivity contribution >= 4 is 11.9 Å². The lowest BCUT2D eigenvalue weighted by Crippen LogP contribution is -3.10. The van der Waals surface area contributed by atoms with Crippen LogP contribution in [0.5, 0.6) is 0 Å². The molecule has 0 aliphatic carbocycles. The SMILES string of the molecule is CC([O-])=NC1=N[NH+](C)NN1. The van der Waals surface area contributed by atoms with Crippen molar-refractivity contribution in [2.45, 2.75) is 6.92 Å². The first-order chi connectivity index (χ1) is 4.68. The molecule has 56 valence electrons. The van der Waals surface area contributed by atoms with Gasteiger partial charge in [0.05, 0.1) is 0 Å². The van der Waals surface area contributed by atoms with Crippen LogP contribution in [0.3, 0.4) is 0 Å². The second-order valence-corrected chi connectivity index (χ2v) is 1.90. The fourth-order valence-electron chi connectivity index (χ4n) is 0.563. The summed E-state index contributed by atoms with van der Waals surface area (Å²) in [5.41, 5.74) is 5.31. The zero-order valence-corrected chi connectivity index (χ0v) is 5.80. The Balaban J connectivity index is 2.59. The molecule has 1 rings (SSSR count). The summed E-state index contributed by atoms with van der Waals surface area (Å²) in [6.45, 7) is 1.37. The zero-order valence-electron chi connectivity index (χ0n) is 5.80. The molecule has 0 aromatic carbocycles. The molecular formula is C4H9N5O. The van der Waals surface area contributed by atoms with Gasteiger partial charge in [0.1, 0.15) is 7.05 Å². The molecule has 0 saturated carbocycles. The van der Waals surface area contributed by atoms with E-state index in [0.29, 0.717) is 11.1 Å². The van der Waals surface area contributed by atoms with Crippen LogP contribution >= 0.6 is 0 Å². The number of nitrogens with one attached hydrogen (secondary N) is 3. The van der Waals surface area contributed by atoms with Crippen molar-refractivity contribution in [1.82, 2.24) is 11.0 Å². The smallest absolute Gasteiger partial charge is 0.295 e. The molecule has 1 heterocycles. The summed E-state index contributed by atoms with van der Waals surface area (Å²) in [4.78, 5) is 3.54. The lowest BCUT2D eigenvalue weighted by molar-refractivity contribution is -0.930. The number of guanidine groups is 1. The Labute approximate surface area is 58.2 Å². The Morgan fingerprint density at radius 3 is 2.90 bits per heavy atom. The molecule has 1 aliphatic rings. The molecule has 3 N–H and O–H groups in total. The van der Waals surface area contributed by atoms with E-state index in [4.69, 9.17) is 0 Å². The number of hydrazine groups is 1. The van der Waals surface area contributed by atoms with Crippen LogP contribution in [0.15, 0.2) is 10.1 Å². The predicted octanol–water partition coefficient (Wildman–Crippen LogP) is -3.43. The minimum atomic E-state index is -0.261. The fourth-order valence-corrected chi connectivity index (χ4v) is 0.563. The maximum absolute atomic E-state index is 10.4. The van der Waals surface area contributed by atoms with E-state index in [2.05, 4.69) is 21.1 Å². The molecule has 1 unspecified atom stereocenters. The second-order valence-electron chi connectivity index (χ2n) is 1.90. The van der Waals surface area contributed by atoms with Gasteiger partial charge in [-0.2, -0.15) is 0 Å². The molecule has 1 atom stereocenters. The van der Waals surface area contributed by atoms with Crippen molar-refractivity contribution < 1.29 is 10.2 Å². The molecule has 0 aromatic heterocycles. The van der Waals surface area contributed by atoms with Gasteiger partial charge >= 0.3 is 0 Å². The summed E-state index contributed by atoms with van der Waals surface area (Å²) >= 11 is 0. The minimum Gasteiger partial charge on any atom is -0.862 e. The van der Waals surface area contributed by atoms with Crippen LogP contribution in [0.2, 0.25) is 0 Å². The average molecular weight is 143 g/mol. The molecule has 0 radical (unpaired) electrons. The highest BCUT2D eigenvalue weighted by Crippen LogP contribution is 1.72. The normalized spacial score (nSPS) is 26.0. The van der Waals surface area contributed by atoms with Crippen LogP contribution in [0.1, 0.15) is 6.92 Å². The molecule has 6 nitrogen and oxygen atoms in total. The van der Waals surface area contributed by atoms with Gasteiger partial charge in [0.15, 0.2) is 0 Å². The molecule has 10 heavy (non-hydrogen) atoms. The van der Waals surface area contributed by atoms with Gasteiger partial charge in [-0.15, -0.1) is 5.12 Å². The zero-order chi connectivity index (χ0) is 7.56. The standard InChI is InChI=1S/C4H9N5O/c1-3(10)5-4-6-8-9(2)7-4/h8H,1-2H3,(H2,5,6,7,10). The van der Waals surface area contributed by atoms with Crippen LogP contribution in [0, 0.1) is 0 Å². The van der Waals surface area contributed by atoms with E-state index < -0.39 is 0 Å². The van der Waals surface area contributed by atoms with Gasteiger partial charge in [0.2, 0.25) is 0 Å². The summed E-state index contributed by atoms with van der Waals surface area (Å²) in [5, 5.41) is 14.9.